The number of carbonyl (C=O) groups excluding carboxylic acids is 1. The molecule has 0 spiro atoms. The lowest BCUT2D eigenvalue weighted by atomic mass is 10.0. The zero-order valence-corrected chi connectivity index (χ0v) is 16.0. The van der Waals surface area contributed by atoms with Crippen LogP contribution in [0.4, 0.5) is 5.69 Å². The van der Waals surface area contributed by atoms with E-state index in [9.17, 15) is 4.79 Å². The molecule has 0 amide bonds. The summed E-state index contributed by atoms with van der Waals surface area (Å²) in [5.41, 5.74) is 3.84. The number of Topliss-reactive ketones (excluding diaryl/α,β-unsaturated/α-hetero) is 1. The molecule has 0 aliphatic carbocycles. The summed E-state index contributed by atoms with van der Waals surface area (Å²) >= 11 is 0. The molecule has 0 unspecified atom stereocenters. The monoisotopic (exact) mass is 348 g/mol. The first-order valence-electron chi connectivity index (χ1n) is 9.23. The SMILES string of the molecule is C=C(CCC(=O)c1ccc(CC)cc1)N=C(C)N(CC)c1ccccc1. The van der Waals surface area contributed by atoms with E-state index in [0.717, 1.165) is 35.7 Å². The zero-order chi connectivity index (χ0) is 18.9. The molecule has 2 rings (SSSR count). The van der Waals surface area contributed by atoms with Crippen LogP contribution in [0.15, 0.2) is 71.9 Å². The van der Waals surface area contributed by atoms with Gasteiger partial charge in [0.2, 0.25) is 0 Å². The van der Waals surface area contributed by atoms with Crippen molar-refractivity contribution in [3.63, 3.8) is 0 Å². The Labute approximate surface area is 157 Å². The van der Waals surface area contributed by atoms with Crippen molar-refractivity contribution in [2.75, 3.05) is 11.4 Å². The van der Waals surface area contributed by atoms with Crippen LogP contribution in [-0.2, 0) is 6.42 Å². The van der Waals surface area contributed by atoms with Crippen LogP contribution >= 0.6 is 0 Å². The molecular formula is C23H28N2O. The second kappa shape index (κ2) is 9.71. The van der Waals surface area contributed by atoms with Crippen molar-refractivity contribution in [2.24, 2.45) is 4.99 Å². The number of aryl methyl sites for hydroxylation is 1. The topological polar surface area (TPSA) is 32.7 Å². The summed E-state index contributed by atoms with van der Waals surface area (Å²) in [6.45, 7) is 11.0. The summed E-state index contributed by atoms with van der Waals surface area (Å²) in [6, 6.07) is 18.0. The lowest BCUT2D eigenvalue weighted by Crippen LogP contribution is -2.28. The van der Waals surface area contributed by atoms with Gasteiger partial charge in [-0.3, -0.25) is 4.79 Å². The first-order chi connectivity index (χ1) is 12.5. The minimum atomic E-state index is 0.136. The van der Waals surface area contributed by atoms with E-state index < -0.39 is 0 Å². The molecule has 2 aromatic rings. The quantitative estimate of drug-likeness (QED) is 0.350. The maximum absolute atomic E-state index is 12.3. The van der Waals surface area contributed by atoms with Crippen LogP contribution < -0.4 is 4.90 Å². The van der Waals surface area contributed by atoms with Crippen LogP contribution in [0.3, 0.4) is 0 Å². The van der Waals surface area contributed by atoms with Gasteiger partial charge in [-0.15, -0.1) is 0 Å². The molecule has 2 aromatic carbocycles. The average molecular weight is 348 g/mol. The van der Waals surface area contributed by atoms with Gasteiger partial charge in [0, 0.05) is 29.9 Å². The average Bonchev–Trinajstić information content (AvgIpc) is 2.67. The van der Waals surface area contributed by atoms with Crippen molar-refractivity contribution < 1.29 is 4.79 Å². The third-order valence-electron chi connectivity index (χ3n) is 4.42. The summed E-state index contributed by atoms with van der Waals surface area (Å²) in [5, 5.41) is 0. The standard InChI is InChI=1S/C23H28N2O/c1-5-20-13-15-21(16-14-20)23(26)17-12-18(3)24-19(4)25(6-2)22-10-8-7-9-11-22/h7-11,13-16H,3,5-6,12,17H2,1-2,4H3. The fourth-order valence-electron chi connectivity index (χ4n) is 2.88. The van der Waals surface area contributed by atoms with Gasteiger partial charge in [0.25, 0.3) is 0 Å². The van der Waals surface area contributed by atoms with Crippen LogP contribution in [0.1, 0.15) is 49.5 Å². The van der Waals surface area contributed by atoms with Gasteiger partial charge in [0.15, 0.2) is 5.78 Å². The van der Waals surface area contributed by atoms with Gasteiger partial charge in [0.05, 0.1) is 0 Å². The number of hydrogen-bond donors (Lipinski definition) is 0. The Balaban J connectivity index is 1.95. The van der Waals surface area contributed by atoms with Crippen molar-refractivity contribution in [3.8, 4) is 0 Å². The molecule has 0 aliphatic rings. The summed E-state index contributed by atoms with van der Waals surface area (Å²) in [5.74, 6) is 1.03. The maximum atomic E-state index is 12.3. The van der Waals surface area contributed by atoms with E-state index in [4.69, 9.17) is 0 Å². The van der Waals surface area contributed by atoms with Crippen molar-refractivity contribution in [1.82, 2.24) is 0 Å². The van der Waals surface area contributed by atoms with Gasteiger partial charge in [-0.05, 0) is 44.4 Å². The third kappa shape index (κ3) is 5.41. The summed E-state index contributed by atoms with van der Waals surface area (Å²) in [4.78, 5) is 19.1. The Morgan fingerprint density at radius 2 is 1.65 bits per heavy atom. The highest BCUT2D eigenvalue weighted by molar-refractivity contribution is 5.97. The van der Waals surface area contributed by atoms with Gasteiger partial charge in [0.1, 0.15) is 5.84 Å². The molecule has 0 bridgehead atoms. The molecular weight excluding hydrogens is 320 g/mol. The second-order valence-electron chi connectivity index (χ2n) is 6.28. The van der Waals surface area contributed by atoms with Crippen molar-refractivity contribution in [3.05, 3.63) is 78.0 Å². The Bertz CT molecular complexity index is 761. The first-order valence-corrected chi connectivity index (χ1v) is 9.23. The zero-order valence-electron chi connectivity index (χ0n) is 16.0. The van der Waals surface area contributed by atoms with E-state index in [2.05, 4.69) is 42.5 Å². The number of nitrogens with zero attached hydrogens (tertiary/aromatic N) is 2. The third-order valence-corrected chi connectivity index (χ3v) is 4.42. The maximum Gasteiger partial charge on any atom is 0.163 e. The Morgan fingerprint density at radius 3 is 2.23 bits per heavy atom. The molecule has 0 saturated carbocycles. The molecule has 0 saturated heterocycles. The molecule has 0 aliphatic heterocycles. The minimum Gasteiger partial charge on any atom is -0.330 e. The molecule has 0 radical (unpaired) electrons. The van der Waals surface area contributed by atoms with Crippen LogP contribution in [0.5, 0.6) is 0 Å². The molecule has 3 nitrogen and oxygen atoms in total. The van der Waals surface area contributed by atoms with E-state index >= 15 is 0 Å². The van der Waals surface area contributed by atoms with Crippen molar-refractivity contribution >= 4 is 17.3 Å². The number of aliphatic imine (C=N–C) groups is 1. The molecule has 0 fully saturated rings. The summed E-state index contributed by atoms with van der Waals surface area (Å²) in [6.07, 6.45) is 1.98. The molecule has 0 N–H and O–H groups in total. The summed E-state index contributed by atoms with van der Waals surface area (Å²) in [7, 11) is 0. The number of para-hydroxylation sites is 1. The number of benzene rings is 2. The predicted octanol–water partition coefficient (Wildman–Crippen LogP) is 5.67. The molecule has 0 heterocycles. The Morgan fingerprint density at radius 1 is 1.00 bits per heavy atom. The van der Waals surface area contributed by atoms with Gasteiger partial charge in [-0.25, -0.2) is 4.99 Å². The molecule has 0 atom stereocenters. The normalized spacial score (nSPS) is 11.3. The highest BCUT2D eigenvalue weighted by atomic mass is 16.1. The number of anilines is 1. The molecule has 0 aromatic heterocycles. The van der Waals surface area contributed by atoms with Gasteiger partial charge in [-0.2, -0.15) is 0 Å². The minimum absolute atomic E-state index is 0.136. The van der Waals surface area contributed by atoms with Crippen molar-refractivity contribution in [2.45, 2.75) is 40.0 Å². The molecule has 136 valence electrons. The fourth-order valence-corrected chi connectivity index (χ4v) is 2.88. The van der Waals surface area contributed by atoms with Crippen LogP contribution in [0.2, 0.25) is 0 Å². The van der Waals surface area contributed by atoms with Gasteiger partial charge < -0.3 is 4.90 Å². The number of amidine groups is 1. The van der Waals surface area contributed by atoms with E-state index in [0.29, 0.717) is 12.8 Å². The molecule has 3 heteroatoms. The Kier molecular flexibility index (Phi) is 7.34. The molecule has 26 heavy (non-hydrogen) atoms. The lowest BCUT2D eigenvalue weighted by Gasteiger charge is -2.22. The van der Waals surface area contributed by atoms with Crippen LogP contribution in [-0.4, -0.2) is 18.2 Å². The fraction of sp³-hybridized carbons (Fsp3) is 0.304. The number of carbonyl (C=O) groups is 1. The van der Waals surface area contributed by atoms with E-state index in [1.165, 1.54) is 5.56 Å². The number of rotatable bonds is 8. The highest BCUT2D eigenvalue weighted by Crippen LogP contribution is 2.16. The highest BCUT2D eigenvalue weighted by Gasteiger charge is 2.09. The largest absolute Gasteiger partial charge is 0.330 e. The van der Waals surface area contributed by atoms with E-state index in [1.807, 2.05) is 49.4 Å². The summed E-state index contributed by atoms with van der Waals surface area (Å²) < 4.78 is 0. The Hall–Kier alpha value is -2.68. The second-order valence-corrected chi connectivity index (χ2v) is 6.28. The van der Waals surface area contributed by atoms with Crippen molar-refractivity contribution in [1.29, 1.82) is 0 Å². The van der Waals surface area contributed by atoms with Crippen LogP contribution in [0.25, 0.3) is 0 Å². The van der Waals surface area contributed by atoms with Gasteiger partial charge in [-0.1, -0.05) is 56.0 Å². The first kappa shape index (κ1) is 19.6. The smallest absolute Gasteiger partial charge is 0.163 e. The predicted molar refractivity (Wildman–Crippen MR) is 111 cm³/mol. The van der Waals surface area contributed by atoms with E-state index in [-0.39, 0.29) is 5.78 Å². The van der Waals surface area contributed by atoms with E-state index in [1.54, 1.807) is 0 Å². The number of hydrogen-bond acceptors (Lipinski definition) is 2. The number of allylic oxidation sites excluding steroid dienone is 1. The van der Waals surface area contributed by atoms with Crippen LogP contribution in [0, 0.1) is 0 Å². The van der Waals surface area contributed by atoms with Gasteiger partial charge >= 0.3 is 0 Å². The number of ketones is 1. The lowest BCUT2D eigenvalue weighted by molar-refractivity contribution is 0.0982.